The number of halogens is 3. The second-order valence-electron chi connectivity index (χ2n) is 4.57. The van der Waals surface area contributed by atoms with Gasteiger partial charge in [-0.3, -0.25) is 0 Å². The highest BCUT2D eigenvalue weighted by Gasteiger charge is 2.16. The lowest BCUT2D eigenvalue weighted by Crippen LogP contribution is -2.24. The summed E-state index contributed by atoms with van der Waals surface area (Å²) in [4.78, 5) is 1.36. The van der Waals surface area contributed by atoms with Crippen molar-refractivity contribution in [2.24, 2.45) is 0 Å². The molecule has 0 radical (unpaired) electrons. The van der Waals surface area contributed by atoms with Gasteiger partial charge in [-0.2, -0.15) is 0 Å². The van der Waals surface area contributed by atoms with E-state index in [1.165, 1.54) is 14.9 Å². The third-order valence-electron chi connectivity index (χ3n) is 3.06. The van der Waals surface area contributed by atoms with Crippen LogP contribution in [-0.2, 0) is 6.42 Å². The lowest BCUT2D eigenvalue weighted by Gasteiger charge is -2.20. The molecule has 0 aliphatic rings. The Morgan fingerprint density at radius 3 is 2.65 bits per heavy atom. The third kappa shape index (κ3) is 4.31. The Bertz CT molecular complexity index is 571. The molecule has 0 spiro atoms. The number of thiophene rings is 1. The van der Waals surface area contributed by atoms with Gasteiger partial charge in [0.2, 0.25) is 0 Å². The molecule has 1 unspecified atom stereocenters. The van der Waals surface area contributed by atoms with Crippen LogP contribution in [0, 0.1) is 0 Å². The second kappa shape index (κ2) is 7.95. The number of rotatable bonds is 6. The zero-order chi connectivity index (χ0) is 14.5. The Morgan fingerprint density at radius 2 is 2.05 bits per heavy atom. The molecule has 20 heavy (non-hydrogen) atoms. The first kappa shape index (κ1) is 16.5. The van der Waals surface area contributed by atoms with Crippen molar-refractivity contribution in [2.75, 3.05) is 6.54 Å². The molecule has 0 amide bonds. The van der Waals surface area contributed by atoms with Crippen LogP contribution in [-0.4, -0.2) is 6.54 Å². The van der Waals surface area contributed by atoms with Gasteiger partial charge >= 0.3 is 0 Å². The van der Waals surface area contributed by atoms with Crippen molar-refractivity contribution in [1.29, 1.82) is 0 Å². The quantitative estimate of drug-likeness (QED) is 0.566. The number of benzene rings is 1. The zero-order valence-corrected chi connectivity index (χ0v) is 15.9. The van der Waals surface area contributed by atoms with Crippen molar-refractivity contribution in [2.45, 2.75) is 25.8 Å². The normalized spacial score (nSPS) is 12.6. The van der Waals surface area contributed by atoms with Gasteiger partial charge in [0.25, 0.3) is 0 Å². The van der Waals surface area contributed by atoms with Crippen molar-refractivity contribution in [3.8, 4) is 0 Å². The standard InChI is InChI=1S/C15H16Br2ClNS/c1-2-6-19-14(9-15-12(16)5-7-20-15)11-4-3-10(18)8-13(11)17/h3-5,7-8,14,19H,2,6,9H2,1H3. The second-order valence-corrected chi connectivity index (χ2v) is 7.71. The van der Waals surface area contributed by atoms with E-state index in [1.54, 1.807) is 11.3 Å². The van der Waals surface area contributed by atoms with E-state index in [-0.39, 0.29) is 6.04 Å². The summed E-state index contributed by atoms with van der Waals surface area (Å²) < 4.78 is 2.25. The van der Waals surface area contributed by atoms with Gasteiger partial charge in [-0.05, 0) is 58.0 Å². The molecular weight excluding hydrogens is 422 g/mol. The summed E-state index contributed by atoms with van der Waals surface area (Å²) in [6.45, 7) is 3.19. The third-order valence-corrected chi connectivity index (χ3v) is 5.93. The topological polar surface area (TPSA) is 12.0 Å². The molecular formula is C15H16Br2ClNS. The average molecular weight is 438 g/mol. The predicted molar refractivity (Wildman–Crippen MR) is 95.9 cm³/mol. The highest BCUT2D eigenvalue weighted by Crippen LogP contribution is 2.32. The van der Waals surface area contributed by atoms with Crippen molar-refractivity contribution in [3.63, 3.8) is 0 Å². The molecule has 0 saturated carbocycles. The maximum absolute atomic E-state index is 6.04. The predicted octanol–water partition coefficient (Wildman–Crippen LogP) is 6.21. The van der Waals surface area contributed by atoms with Crippen molar-refractivity contribution in [1.82, 2.24) is 5.32 Å². The van der Waals surface area contributed by atoms with Crippen LogP contribution < -0.4 is 5.32 Å². The van der Waals surface area contributed by atoms with E-state index in [1.807, 2.05) is 12.1 Å². The van der Waals surface area contributed by atoms with E-state index in [2.05, 4.69) is 61.6 Å². The molecule has 5 heteroatoms. The molecule has 0 fully saturated rings. The number of hydrogen-bond acceptors (Lipinski definition) is 2. The summed E-state index contributed by atoms with van der Waals surface area (Å²) in [6, 6.07) is 8.40. The van der Waals surface area contributed by atoms with Crippen LogP contribution >= 0.6 is 54.8 Å². The molecule has 0 bridgehead atoms. The molecule has 2 rings (SSSR count). The first-order valence-corrected chi connectivity index (χ1v) is 9.36. The molecule has 1 nitrogen and oxygen atoms in total. The lowest BCUT2D eigenvalue weighted by atomic mass is 10.0. The fourth-order valence-electron chi connectivity index (χ4n) is 2.05. The molecule has 0 saturated heterocycles. The van der Waals surface area contributed by atoms with Crippen LogP contribution in [0.4, 0.5) is 0 Å². The first-order valence-electron chi connectivity index (χ1n) is 6.52. The van der Waals surface area contributed by atoms with Crippen molar-refractivity contribution in [3.05, 3.63) is 54.1 Å². The molecule has 1 N–H and O–H groups in total. The van der Waals surface area contributed by atoms with E-state index in [0.717, 1.165) is 28.9 Å². The minimum Gasteiger partial charge on any atom is -0.310 e. The SMILES string of the molecule is CCCNC(Cc1sccc1Br)c1ccc(Cl)cc1Br. The molecule has 2 aromatic rings. The van der Waals surface area contributed by atoms with Gasteiger partial charge in [-0.1, -0.05) is 40.5 Å². The Hall–Kier alpha value is 0.130. The zero-order valence-electron chi connectivity index (χ0n) is 11.1. The van der Waals surface area contributed by atoms with Gasteiger partial charge in [0, 0.05) is 31.3 Å². The number of nitrogens with one attached hydrogen (secondary N) is 1. The Labute approximate surface area is 146 Å². The molecule has 0 aliphatic heterocycles. The van der Waals surface area contributed by atoms with Crippen LogP contribution in [0.5, 0.6) is 0 Å². The smallest absolute Gasteiger partial charge is 0.0417 e. The van der Waals surface area contributed by atoms with Crippen LogP contribution in [0.1, 0.15) is 29.8 Å². The summed E-state index contributed by atoms with van der Waals surface area (Å²) in [5.41, 5.74) is 1.25. The van der Waals surface area contributed by atoms with Gasteiger partial charge in [0.15, 0.2) is 0 Å². The van der Waals surface area contributed by atoms with Gasteiger partial charge in [0.05, 0.1) is 0 Å². The molecule has 1 heterocycles. The molecule has 0 aliphatic carbocycles. The Balaban J connectivity index is 2.24. The van der Waals surface area contributed by atoms with E-state index in [0.29, 0.717) is 0 Å². The van der Waals surface area contributed by atoms with Gasteiger partial charge in [0.1, 0.15) is 0 Å². The van der Waals surface area contributed by atoms with E-state index in [9.17, 15) is 0 Å². The van der Waals surface area contributed by atoms with Crippen molar-refractivity contribution < 1.29 is 0 Å². The average Bonchev–Trinajstić information content (AvgIpc) is 2.80. The van der Waals surface area contributed by atoms with Gasteiger partial charge in [-0.15, -0.1) is 11.3 Å². The lowest BCUT2D eigenvalue weighted by molar-refractivity contribution is 0.530. The van der Waals surface area contributed by atoms with Crippen LogP contribution in [0.3, 0.4) is 0 Å². The Morgan fingerprint density at radius 1 is 1.25 bits per heavy atom. The van der Waals surface area contributed by atoms with E-state index in [4.69, 9.17) is 11.6 Å². The highest BCUT2D eigenvalue weighted by molar-refractivity contribution is 9.10. The molecule has 1 atom stereocenters. The highest BCUT2D eigenvalue weighted by atomic mass is 79.9. The minimum atomic E-state index is 0.288. The summed E-state index contributed by atoms with van der Waals surface area (Å²) in [5, 5.41) is 6.50. The number of hydrogen-bond donors (Lipinski definition) is 1. The van der Waals surface area contributed by atoms with Crippen molar-refractivity contribution >= 4 is 54.8 Å². The van der Waals surface area contributed by atoms with Crippen LogP contribution in [0.15, 0.2) is 38.6 Å². The molecule has 108 valence electrons. The van der Waals surface area contributed by atoms with Crippen LogP contribution in [0.25, 0.3) is 0 Å². The van der Waals surface area contributed by atoms with Gasteiger partial charge < -0.3 is 5.32 Å². The molecule has 1 aromatic heterocycles. The van der Waals surface area contributed by atoms with E-state index >= 15 is 0 Å². The Kier molecular flexibility index (Phi) is 6.56. The fraction of sp³-hybridized carbons (Fsp3) is 0.333. The summed E-state index contributed by atoms with van der Waals surface area (Å²) >= 11 is 15.1. The van der Waals surface area contributed by atoms with Crippen LogP contribution in [0.2, 0.25) is 5.02 Å². The summed E-state index contributed by atoms with van der Waals surface area (Å²) in [5.74, 6) is 0. The minimum absolute atomic E-state index is 0.288. The van der Waals surface area contributed by atoms with E-state index < -0.39 is 0 Å². The largest absolute Gasteiger partial charge is 0.310 e. The fourth-order valence-corrected chi connectivity index (χ4v) is 4.57. The van der Waals surface area contributed by atoms with Gasteiger partial charge in [-0.25, -0.2) is 0 Å². The maximum atomic E-state index is 6.04. The first-order chi connectivity index (χ1) is 9.61. The maximum Gasteiger partial charge on any atom is 0.0417 e. The summed E-state index contributed by atoms with van der Waals surface area (Å²) in [7, 11) is 0. The monoisotopic (exact) mass is 435 g/mol. The summed E-state index contributed by atoms with van der Waals surface area (Å²) in [6.07, 6.45) is 2.09. The molecule has 1 aromatic carbocycles.